The number of hydrogen-bond donors (Lipinski definition) is 0. The molecule has 2 aromatic carbocycles. The Labute approximate surface area is 158 Å². The Morgan fingerprint density at radius 2 is 1.93 bits per heavy atom. The number of benzene rings is 2. The van der Waals surface area contributed by atoms with E-state index in [0.29, 0.717) is 16.5 Å². The van der Waals surface area contributed by atoms with Crippen molar-refractivity contribution in [3.63, 3.8) is 0 Å². The third-order valence-corrected chi connectivity index (χ3v) is 5.08. The molecular formula is C21H14F2N2OS. The molecule has 27 heavy (non-hydrogen) atoms. The Balaban J connectivity index is 1.83. The van der Waals surface area contributed by atoms with Crippen LogP contribution in [0.25, 0.3) is 10.9 Å². The lowest BCUT2D eigenvalue weighted by Gasteiger charge is -2.23. The number of carbonyl (C=O) groups excluding carboxylic acids is 1. The second-order valence-corrected chi connectivity index (χ2v) is 6.97. The van der Waals surface area contributed by atoms with Crippen LogP contribution < -0.4 is 4.90 Å². The molecule has 134 valence electrons. The van der Waals surface area contributed by atoms with E-state index in [-0.39, 0.29) is 18.1 Å². The third-order valence-electron chi connectivity index (χ3n) is 4.22. The van der Waals surface area contributed by atoms with Gasteiger partial charge in [-0.1, -0.05) is 18.2 Å². The van der Waals surface area contributed by atoms with Gasteiger partial charge in [0.25, 0.3) is 5.91 Å². The van der Waals surface area contributed by atoms with E-state index in [4.69, 9.17) is 0 Å². The van der Waals surface area contributed by atoms with Crippen LogP contribution in [0.5, 0.6) is 0 Å². The van der Waals surface area contributed by atoms with Gasteiger partial charge in [0.15, 0.2) is 0 Å². The molecule has 4 aromatic rings. The SMILES string of the molecule is O=C(c1cccc2ncccc12)N(Cc1cccs1)c1ccc(F)cc1F. The van der Waals surface area contributed by atoms with Gasteiger partial charge >= 0.3 is 0 Å². The van der Waals surface area contributed by atoms with E-state index < -0.39 is 11.6 Å². The quantitative estimate of drug-likeness (QED) is 0.474. The van der Waals surface area contributed by atoms with Gasteiger partial charge in [0, 0.05) is 28.1 Å². The molecule has 0 radical (unpaired) electrons. The fourth-order valence-electron chi connectivity index (χ4n) is 2.96. The van der Waals surface area contributed by atoms with Crippen molar-refractivity contribution in [3.05, 3.63) is 94.3 Å². The predicted octanol–water partition coefficient (Wildman–Crippen LogP) is 5.42. The van der Waals surface area contributed by atoms with E-state index >= 15 is 0 Å². The predicted molar refractivity (Wildman–Crippen MR) is 103 cm³/mol. The number of rotatable bonds is 4. The molecule has 0 atom stereocenters. The van der Waals surface area contributed by atoms with Crippen LogP contribution in [0.1, 0.15) is 15.2 Å². The first-order chi connectivity index (χ1) is 13.1. The van der Waals surface area contributed by atoms with Crippen molar-refractivity contribution in [3.8, 4) is 0 Å². The summed E-state index contributed by atoms with van der Waals surface area (Å²) in [4.78, 5) is 19.9. The number of hydrogen-bond acceptors (Lipinski definition) is 3. The summed E-state index contributed by atoms with van der Waals surface area (Å²) in [6.07, 6.45) is 1.65. The molecule has 3 nitrogen and oxygen atoms in total. The number of pyridine rings is 1. The molecule has 0 unspecified atom stereocenters. The first kappa shape index (κ1) is 17.3. The van der Waals surface area contributed by atoms with E-state index in [1.54, 1.807) is 30.5 Å². The molecule has 4 rings (SSSR count). The van der Waals surface area contributed by atoms with Gasteiger partial charge in [-0.3, -0.25) is 9.78 Å². The average molecular weight is 380 g/mol. The summed E-state index contributed by atoms with van der Waals surface area (Å²) < 4.78 is 27.8. The summed E-state index contributed by atoms with van der Waals surface area (Å²) in [7, 11) is 0. The monoisotopic (exact) mass is 380 g/mol. The summed E-state index contributed by atoms with van der Waals surface area (Å²) in [5.41, 5.74) is 1.13. The number of thiophene rings is 1. The van der Waals surface area contributed by atoms with Gasteiger partial charge in [0.05, 0.1) is 17.7 Å². The molecule has 0 aliphatic heterocycles. The molecule has 0 bridgehead atoms. The van der Waals surface area contributed by atoms with Crippen molar-refractivity contribution in [2.75, 3.05) is 4.90 Å². The van der Waals surface area contributed by atoms with Crippen LogP contribution in [0, 0.1) is 11.6 Å². The molecule has 0 N–H and O–H groups in total. The van der Waals surface area contributed by atoms with Gasteiger partial charge in [0.2, 0.25) is 0 Å². The highest BCUT2D eigenvalue weighted by Crippen LogP contribution is 2.27. The number of halogens is 2. The van der Waals surface area contributed by atoms with Gasteiger partial charge in [0.1, 0.15) is 11.6 Å². The lowest BCUT2D eigenvalue weighted by atomic mass is 10.1. The van der Waals surface area contributed by atoms with Gasteiger partial charge < -0.3 is 4.90 Å². The standard InChI is InChI=1S/C21H14F2N2OS/c22-14-8-9-20(18(23)12-14)25(13-15-4-3-11-27-15)21(26)17-5-1-7-19-16(17)6-2-10-24-19/h1-12H,13H2. The van der Waals surface area contributed by atoms with Crippen LogP contribution in [0.15, 0.2) is 72.2 Å². The third kappa shape index (κ3) is 3.44. The number of aromatic nitrogens is 1. The van der Waals surface area contributed by atoms with E-state index in [0.717, 1.165) is 17.0 Å². The van der Waals surface area contributed by atoms with Crippen LogP contribution in [0.2, 0.25) is 0 Å². The fraction of sp³-hybridized carbons (Fsp3) is 0.0476. The fourth-order valence-corrected chi connectivity index (χ4v) is 3.65. The van der Waals surface area contributed by atoms with Crippen LogP contribution in [0.4, 0.5) is 14.5 Å². The molecule has 0 saturated heterocycles. The largest absolute Gasteiger partial charge is 0.300 e. The summed E-state index contributed by atoms with van der Waals surface area (Å²) in [6.45, 7) is 0.190. The molecule has 0 spiro atoms. The van der Waals surface area contributed by atoms with E-state index in [9.17, 15) is 13.6 Å². The minimum Gasteiger partial charge on any atom is -0.300 e. The Hall–Kier alpha value is -3.12. The molecule has 0 aliphatic carbocycles. The second-order valence-electron chi connectivity index (χ2n) is 5.94. The highest BCUT2D eigenvalue weighted by molar-refractivity contribution is 7.09. The zero-order chi connectivity index (χ0) is 18.8. The first-order valence-electron chi connectivity index (χ1n) is 8.26. The maximum absolute atomic E-state index is 14.5. The molecule has 6 heteroatoms. The Bertz CT molecular complexity index is 1110. The molecule has 0 aliphatic rings. The molecule has 2 heterocycles. The number of nitrogens with zero attached hydrogens (tertiary/aromatic N) is 2. The zero-order valence-corrected chi connectivity index (χ0v) is 14.9. The highest BCUT2D eigenvalue weighted by atomic mass is 32.1. The topological polar surface area (TPSA) is 33.2 Å². The normalized spacial score (nSPS) is 10.9. The summed E-state index contributed by atoms with van der Waals surface area (Å²) in [6, 6.07) is 15.8. The molecule has 0 saturated carbocycles. The van der Waals surface area contributed by atoms with E-state index in [1.807, 2.05) is 23.6 Å². The van der Waals surface area contributed by atoms with Crippen LogP contribution >= 0.6 is 11.3 Å². The minimum atomic E-state index is -0.779. The smallest absolute Gasteiger partial charge is 0.259 e. The van der Waals surface area contributed by atoms with Crippen molar-refractivity contribution in [2.24, 2.45) is 0 Å². The summed E-state index contributed by atoms with van der Waals surface area (Å²) >= 11 is 1.47. The molecule has 1 amide bonds. The number of carbonyl (C=O) groups is 1. The van der Waals surface area contributed by atoms with Crippen molar-refractivity contribution < 1.29 is 13.6 Å². The number of anilines is 1. The van der Waals surface area contributed by atoms with Crippen LogP contribution in [-0.4, -0.2) is 10.9 Å². The maximum Gasteiger partial charge on any atom is 0.259 e. The van der Waals surface area contributed by atoms with E-state index in [2.05, 4.69) is 4.98 Å². The Morgan fingerprint density at radius 3 is 2.70 bits per heavy atom. The molecule has 0 fully saturated rings. The molecular weight excluding hydrogens is 366 g/mol. The van der Waals surface area contributed by atoms with Crippen molar-refractivity contribution in [2.45, 2.75) is 6.54 Å². The average Bonchev–Trinajstić information content (AvgIpc) is 3.19. The Morgan fingerprint density at radius 1 is 1.04 bits per heavy atom. The number of amides is 1. The molecule has 2 aromatic heterocycles. The van der Waals surface area contributed by atoms with Crippen molar-refractivity contribution in [1.29, 1.82) is 0 Å². The lowest BCUT2D eigenvalue weighted by molar-refractivity contribution is 0.0986. The van der Waals surface area contributed by atoms with E-state index in [1.165, 1.54) is 22.3 Å². The van der Waals surface area contributed by atoms with Gasteiger partial charge in [-0.15, -0.1) is 11.3 Å². The van der Waals surface area contributed by atoms with Gasteiger partial charge in [-0.05, 0) is 41.8 Å². The van der Waals surface area contributed by atoms with Gasteiger partial charge in [-0.2, -0.15) is 0 Å². The lowest BCUT2D eigenvalue weighted by Crippen LogP contribution is -2.31. The number of fused-ring (bicyclic) bond motifs is 1. The van der Waals surface area contributed by atoms with Crippen molar-refractivity contribution >= 4 is 33.8 Å². The van der Waals surface area contributed by atoms with Crippen molar-refractivity contribution in [1.82, 2.24) is 4.98 Å². The van der Waals surface area contributed by atoms with Gasteiger partial charge in [-0.25, -0.2) is 8.78 Å². The first-order valence-corrected chi connectivity index (χ1v) is 9.14. The summed E-state index contributed by atoms with van der Waals surface area (Å²) in [5, 5.41) is 2.57. The zero-order valence-electron chi connectivity index (χ0n) is 14.1. The van der Waals surface area contributed by atoms with Crippen LogP contribution in [0.3, 0.4) is 0 Å². The Kier molecular flexibility index (Phi) is 4.64. The minimum absolute atomic E-state index is 0.0377. The second kappa shape index (κ2) is 7.25. The maximum atomic E-state index is 14.5. The van der Waals surface area contributed by atoms with Crippen LogP contribution in [-0.2, 0) is 6.54 Å². The highest BCUT2D eigenvalue weighted by Gasteiger charge is 2.23. The summed E-state index contributed by atoms with van der Waals surface area (Å²) in [5.74, 6) is -1.83.